The number of aliphatic imine (C=N–C) groups is 1. The third kappa shape index (κ3) is 3.04. The molecule has 31 heavy (non-hydrogen) atoms. The number of halogens is 1. The van der Waals surface area contributed by atoms with Crippen molar-refractivity contribution in [1.29, 1.82) is 0 Å². The van der Waals surface area contributed by atoms with E-state index in [0.29, 0.717) is 0 Å². The fourth-order valence-corrected chi connectivity index (χ4v) is 5.23. The van der Waals surface area contributed by atoms with E-state index in [2.05, 4.69) is 68.5 Å². The summed E-state index contributed by atoms with van der Waals surface area (Å²) in [7, 11) is 0. The van der Waals surface area contributed by atoms with E-state index in [4.69, 9.17) is 21.3 Å². The van der Waals surface area contributed by atoms with Crippen LogP contribution >= 0.6 is 11.6 Å². The van der Waals surface area contributed by atoms with Gasteiger partial charge in [-0.05, 0) is 43.9 Å². The van der Waals surface area contributed by atoms with Gasteiger partial charge in [0.15, 0.2) is 5.54 Å². The lowest BCUT2D eigenvalue weighted by Gasteiger charge is -2.41. The highest BCUT2D eigenvalue weighted by molar-refractivity contribution is 6.28. The SMILES string of the molecule is CC1(C)C(CCc2ccccc2)=N[C@@]2(c3ccccc3)C=C(c3ccccc3)O[C@@]12Cl. The van der Waals surface area contributed by atoms with Gasteiger partial charge in [-0.3, -0.25) is 4.99 Å². The molecule has 2 aliphatic rings. The number of alkyl halides is 1. The first-order valence-electron chi connectivity index (χ1n) is 10.8. The summed E-state index contributed by atoms with van der Waals surface area (Å²) in [6.45, 7) is 4.33. The Morgan fingerprint density at radius 3 is 2.00 bits per heavy atom. The van der Waals surface area contributed by atoms with Crippen molar-refractivity contribution in [2.45, 2.75) is 37.3 Å². The van der Waals surface area contributed by atoms with E-state index in [1.807, 2.05) is 42.5 Å². The summed E-state index contributed by atoms with van der Waals surface area (Å²) in [6.07, 6.45) is 3.90. The lowest BCUT2D eigenvalue weighted by molar-refractivity contribution is 0.0323. The minimum absolute atomic E-state index is 0.452. The van der Waals surface area contributed by atoms with Crippen molar-refractivity contribution in [3.05, 3.63) is 114 Å². The van der Waals surface area contributed by atoms with Gasteiger partial charge < -0.3 is 4.74 Å². The predicted molar refractivity (Wildman–Crippen MR) is 128 cm³/mol. The molecular formula is C28H26ClNO. The van der Waals surface area contributed by atoms with Gasteiger partial charge in [-0.25, -0.2) is 0 Å². The largest absolute Gasteiger partial charge is 0.467 e. The highest BCUT2D eigenvalue weighted by atomic mass is 35.5. The number of rotatable bonds is 5. The average Bonchev–Trinajstić information content (AvgIpc) is 3.20. The molecule has 0 radical (unpaired) electrons. The van der Waals surface area contributed by atoms with E-state index in [0.717, 1.165) is 35.4 Å². The lowest BCUT2D eigenvalue weighted by Crippen LogP contribution is -2.50. The summed E-state index contributed by atoms with van der Waals surface area (Å²) in [6, 6.07) is 31.0. The minimum Gasteiger partial charge on any atom is -0.467 e. The monoisotopic (exact) mass is 427 g/mol. The molecular weight excluding hydrogens is 402 g/mol. The Balaban J connectivity index is 1.62. The highest BCUT2D eigenvalue weighted by Crippen LogP contribution is 2.64. The van der Waals surface area contributed by atoms with Crippen LogP contribution < -0.4 is 0 Å². The summed E-state index contributed by atoms with van der Waals surface area (Å²) in [5, 5.41) is -1.03. The van der Waals surface area contributed by atoms with E-state index in [9.17, 15) is 0 Å². The molecule has 3 heteroatoms. The van der Waals surface area contributed by atoms with E-state index < -0.39 is 16.0 Å². The Labute approximate surface area is 189 Å². The van der Waals surface area contributed by atoms with Crippen LogP contribution in [0.3, 0.4) is 0 Å². The Morgan fingerprint density at radius 1 is 0.774 bits per heavy atom. The molecule has 2 heterocycles. The van der Waals surface area contributed by atoms with Crippen LogP contribution in [0.25, 0.3) is 5.76 Å². The fraction of sp³-hybridized carbons (Fsp3) is 0.250. The first-order chi connectivity index (χ1) is 15.0. The van der Waals surface area contributed by atoms with Gasteiger partial charge in [0.25, 0.3) is 0 Å². The zero-order valence-corrected chi connectivity index (χ0v) is 18.6. The molecule has 0 saturated heterocycles. The second-order valence-electron chi connectivity index (χ2n) is 8.87. The van der Waals surface area contributed by atoms with Crippen LogP contribution in [0.4, 0.5) is 0 Å². The third-order valence-electron chi connectivity index (χ3n) is 6.68. The van der Waals surface area contributed by atoms with Crippen LogP contribution in [-0.4, -0.2) is 10.8 Å². The number of hydrogen-bond acceptors (Lipinski definition) is 2. The maximum absolute atomic E-state index is 7.48. The van der Waals surface area contributed by atoms with Gasteiger partial charge in [-0.1, -0.05) is 103 Å². The molecule has 3 aromatic carbocycles. The molecule has 0 fully saturated rings. The molecule has 0 saturated carbocycles. The van der Waals surface area contributed by atoms with Gasteiger partial charge >= 0.3 is 0 Å². The van der Waals surface area contributed by atoms with Crippen molar-refractivity contribution in [2.75, 3.05) is 0 Å². The minimum atomic E-state index is -1.03. The molecule has 2 atom stereocenters. The zero-order chi connectivity index (χ0) is 21.5. The predicted octanol–water partition coefficient (Wildman–Crippen LogP) is 7.00. The quantitative estimate of drug-likeness (QED) is 0.401. The summed E-state index contributed by atoms with van der Waals surface area (Å²) in [4.78, 5) is 5.35. The van der Waals surface area contributed by atoms with Crippen LogP contribution in [0.1, 0.15) is 37.0 Å². The number of aryl methyl sites for hydroxylation is 1. The van der Waals surface area contributed by atoms with Crippen LogP contribution in [0.15, 0.2) is 102 Å². The van der Waals surface area contributed by atoms with Crippen LogP contribution in [0.2, 0.25) is 0 Å². The van der Waals surface area contributed by atoms with Gasteiger partial charge in [0.1, 0.15) is 5.76 Å². The van der Waals surface area contributed by atoms with E-state index in [1.165, 1.54) is 5.56 Å². The second-order valence-corrected chi connectivity index (χ2v) is 9.41. The molecule has 5 rings (SSSR count). The van der Waals surface area contributed by atoms with Gasteiger partial charge in [0.2, 0.25) is 5.06 Å². The molecule has 3 aromatic rings. The first kappa shape index (κ1) is 20.1. The molecule has 0 aliphatic carbocycles. The van der Waals surface area contributed by atoms with E-state index in [1.54, 1.807) is 0 Å². The molecule has 0 unspecified atom stereocenters. The Morgan fingerprint density at radius 2 is 1.35 bits per heavy atom. The van der Waals surface area contributed by atoms with E-state index in [-0.39, 0.29) is 0 Å². The topological polar surface area (TPSA) is 21.6 Å². The van der Waals surface area contributed by atoms with Gasteiger partial charge in [-0.15, -0.1) is 0 Å². The molecule has 0 bridgehead atoms. The van der Waals surface area contributed by atoms with Crippen LogP contribution in [0, 0.1) is 5.41 Å². The number of nitrogens with zero attached hydrogens (tertiary/aromatic N) is 1. The summed E-state index contributed by atoms with van der Waals surface area (Å²) in [5.74, 6) is 0.790. The van der Waals surface area contributed by atoms with Gasteiger partial charge in [-0.2, -0.15) is 0 Å². The van der Waals surface area contributed by atoms with Crippen LogP contribution in [0.5, 0.6) is 0 Å². The van der Waals surface area contributed by atoms with Crippen molar-refractivity contribution in [3.63, 3.8) is 0 Å². The molecule has 2 nitrogen and oxygen atoms in total. The standard InChI is InChI=1S/C28H26ClNO/c1-26(2)25(19-18-21-12-6-3-7-13-21)30-27(23-16-10-5-11-17-23)20-24(31-28(26,27)29)22-14-8-4-9-15-22/h3-17,20H,18-19H2,1-2H3/t27-,28+/m1/s1. The fourth-order valence-electron chi connectivity index (χ4n) is 4.83. The average molecular weight is 428 g/mol. The van der Waals surface area contributed by atoms with Crippen molar-refractivity contribution in [1.82, 2.24) is 0 Å². The van der Waals surface area contributed by atoms with Crippen molar-refractivity contribution in [2.24, 2.45) is 10.4 Å². The summed E-state index contributed by atoms with van der Waals surface area (Å²) >= 11 is 7.48. The molecule has 0 amide bonds. The Hall–Kier alpha value is -2.84. The lowest BCUT2D eigenvalue weighted by atomic mass is 9.73. The first-order valence-corrected chi connectivity index (χ1v) is 11.2. The molecule has 156 valence electrons. The number of benzene rings is 3. The van der Waals surface area contributed by atoms with Gasteiger partial charge in [0, 0.05) is 11.3 Å². The smallest absolute Gasteiger partial charge is 0.225 e. The van der Waals surface area contributed by atoms with E-state index >= 15 is 0 Å². The maximum atomic E-state index is 7.48. The van der Waals surface area contributed by atoms with Crippen molar-refractivity contribution < 1.29 is 4.74 Å². The highest BCUT2D eigenvalue weighted by Gasteiger charge is 2.70. The molecule has 2 aliphatic heterocycles. The Kier molecular flexibility index (Phi) is 4.79. The second kappa shape index (κ2) is 7.39. The molecule has 0 N–H and O–H groups in total. The number of fused-ring (bicyclic) bond motifs is 1. The van der Waals surface area contributed by atoms with Gasteiger partial charge in [0.05, 0.1) is 5.41 Å². The summed E-state index contributed by atoms with van der Waals surface area (Å²) < 4.78 is 6.63. The normalized spacial score (nSPS) is 26.0. The van der Waals surface area contributed by atoms with Crippen molar-refractivity contribution >= 4 is 23.1 Å². The molecule has 0 aromatic heterocycles. The Bertz CT molecular complexity index is 1140. The molecule has 0 spiro atoms. The summed E-state index contributed by atoms with van der Waals surface area (Å²) in [5.41, 5.74) is 3.25. The number of ether oxygens (including phenoxy) is 1. The third-order valence-corrected chi connectivity index (χ3v) is 7.52. The van der Waals surface area contributed by atoms with Crippen molar-refractivity contribution in [3.8, 4) is 0 Å². The van der Waals surface area contributed by atoms with Crippen LogP contribution in [-0.2, 0) is 16.7 Å². The zero-order valence-electron chi connectivity index (χ0n) is 17.9. The number of hydrogen-bond donors (Lipinski definition) is 0. The maximum Gasteiger partial charge on any atom is 0.225 e.